The van der Waals surface area contributed by atoms with E-state index in [2.05, 4.69) is 83.8 Å². The van der Waals surface area contributed by atoms with Crippen molar-refractivity contribution in [1.29, 1.82) is 0 Å². The van der Waals surface area contributed by atoms with Crippen LogP contribution in [0.4, 0.5) is 17.2 Å². The smallest absolute Gasteiger partial charge is 0.162 e. The average Bonchev–Trinajstić information content (AvgIpc) is 3.67. The molecule has 0 radical (unpaired) electrons. The SMILES string of the molecule is c1ccc2c(c1)ccc1c3ccc(N(c4cncc5c4oc4ccccc45)c4nccc5oc6ccccc6c45)cc3ccc21. The Morgan fingerprint density at radius 2 is 1.18 bits per heavy atom. The zero-order valence-electron chi connectivity index (χ0n) is 23.9. The minimum absolute atomic E-state index is 0.748. The highest BCUT2D eigenvalue weighted by Gasteiger charge is 2.25. The number of nitrogens with zero attached hydrogens (tertiary/aromatic N) is 3. The summed E-state index contributed by atoms with van der Waals surface area (Å²) < 4.78 is 12.8. The van der Waals surface area contributed by atoms with Crippen LogP contribution in [-0.2, 0) is 0 Å². The molecule has 5 heteroatoms. The van der Waals surface area contributed by atoms with Gasteiger partial charge in [0.25, 0.3) is 0 Å². The zero-order valence-corrected chi connectivity index (χ0v) is 23.9. The second-order valence-corrected chi connectivity index (χ2v) is 11.4. The van der Waals surface area contributed by atoms with Gasteiger partial charge in [-0.05, 0) is 62.6 Å². The van der Waals surface area contributed by atoms with Crippen LogP contribution in [-0.4, -0.2) is 9.97 Å². The van der Waals surface area contributed by atoms with Gasteiger partial charge in [-0.25, -0.2) is 4.98 Å². The zero-order chi connectivity index (χ0) is 29.5. The highest BCUT2D eigenvalue weighted by atomic mass is 16.3. The molecule has 10 aromatic rings. The Morgan fingerprint density at radius 3 is 2.04 bits per heavy atom. The van der Waals surface area contributed by atoms with Crippen LogP contribution in [0.1, 0.15) is 0 Å². The summed E-state index contributed by atoms with van der Waals surface area (Å²) in [5.41, 5.74) is 4.91. The van der Waals surface area contributed by atoms with E-state index in [0.29, 0.717) is 0 Å². The summed E-state index contributed by atoms with van der Waals surface area (Å²) in [4.78, 5) is 11.9. The molecule has 0 saturated carbocycles. The van der Waals surface area contributed by atoms with E-state index in [0.717, 1.165) is 66.5 Å². The lowest BCUT2D eigenvalue weighted by Crippen LogP contribution is -2.12. The quantitative estimate of drug-likeness (QED) is 0.196. The molecule has 0 aliphatic carbocycles. The second kappa shape index (κ2) is 9.15. The first-order valence-electron chi connectivity index (χ1n) is 15.0. The standard InChI is InChI=1S/C40H23N3O2/c1-2-8-27-24(7-1)13-16-30-28-18-15-26(21-25(28)14-17-29(27)30)43(34-23-41-22-33-31-9-3-5-11-35(31)45-39(33)34)40-38-32-10-4-6-12-36(32)44-37(38)19-20-42-40/h1-23H. The molecular formula is C40H23N3O2. The summed E-state index contributed by atoms with van der Waals surface area (Å²) in [7, 11) is 0. The van der Waals surface area contributed by atoms with Crippen LogP contribution >= 0.6 is 0 Å². The fourth-order valence-corrected chi connectivity index (χ4v) is 6.94. The van der Waals surface area contributed by atoms with Crippen LogP contribution in [0.3, 0.4) is 0 Å². The van der Waals surface area contributed by atoms with E-state index < -0.39 is 0 Å². The van der Waals surface area contributed by atoms with E-state index in [9.17, 15) is 0 Å². The Bertz CT molecular complexity index is 2790. The molecule has 0 N–H and O–H groups in total. The van der Waals surface area contributed by atoms with Crippen molar-refractivity contribution in [3.05, 3.63) is 140 Å². The third-order valence-corrected chi connectivity index (χ3v) is 8.97. The second-order valence-electron chi connectivity index (χ2n) is 11.4. The van der Waals surface area contributed by atoms with Gasteiger partial charge in [0.1, 0.15) is 28.3 Å². The summed E-state index contributed by atoms with van der Waals surface area (Å²) in [6.45, 7) is 0. The number of rotatable bonds is 3. The van der Waals surface area contributed by atoms with Crippen LogP contribution in [0.5, 0.6) is 0 Å². The number of fused-ring (bicyclic) bond motifs is 11. The number of pyridine rings is 2. The first-order valence-corrected chi connectivity index (χ1v) is 15.0. The Kier molecular flexibility index (Phi) is 4.93. The van der Waals surface area contributed by atoms with Crippen LogP contribution in [0.15, 0.2) is 149 Å². The van der Waals surface area contributed by atoms with Gasteiger partial charge in [0.2, 0.25) is 0 Å². The molecule has 4 aromatic heterocycles. The first-order chi connectivity index (χ1) is 22.3. The number of anilines is 3. The molecule has 0 fully saturated rings. The molecular weight excluding hydrogens is 554 g/mol. The Balaban J connectivity index is 1.28. The normalized spacial score (nSPS) is 12.0. The number of para-hydroxylation sites is 2. The fourth-order valence-electron chi connectivity index (χ4n) is 6.94. The van der Waals surface area contributed by atoms with Crippen molar-refractivity contribution in [3.8, 4) is 0 Å². The third-order valence-electron chi connectivity index (χ3n) is 8.97. The summed E-state index contributed by atoms with van der Waals surface area (Å²) in [5.74, 6) is 0.748. The Labute approximate surface area is 256 Å². The predicted octanol–water partition coefficient (Wildman–Crippen LogP) is 11.2. The number of aromatic nitrogens is 2. The van der Waals surface area contributed by atoms with Crippen molar-refractivity contribution in [2.75, 3.05) is 4.90 Å². The molecule has 4 heterocycles. The molecule has 210 valence electrons. The molecule has 6 aromatic carbocycles. The van der Waals surface area contributed by atoms with Gasteiger partial charge in [0, 0.05) is 34.2 Å². The van der Waals surface area contributed by atoms with Crippen molar-refractivity contribution in [1.82, 2.24) is 9.97 Å². The van der Waals surface area contributed by atoms with Crippen LogP contribution in [0.25, 0.3) is 76.2 Å². The molecule has 45 heavy (non-hydrogen) atoms. The van der Waals surface area contributed by atoms with Gasteiger partial charge in [-0.1, -0.05) is 91.0 Å². The highest BCUT2D eigenvalue weighted by Crippen LogP contribution is 2.45. The highest BCUT2D eigenvalue weighted by molar-refractivity contribution is 6.19. The van der Waals surface area contributed by atoms with Gasteiger partial charge in [0.05, 0.1) is 11.6 Å². The lowest BCUT2D eigenvalue weighted by Gasteiger charge is -2.25. The summed E-state index contributed by atoms with van der Waals surface area (Å²) in [5, 5.41) is 11.2. The van der Waals surface area contributed by atoms with Crippen LogP contribution in [0, 0.1) is 0 Å². The molecule has 5 nitrogen and oxygen atoms in total. The molecule has 0 aliphatic heterocycles. The van der Waals surface area contributed by atoms with Gasteiger partial charge >= 0.3 is 0 Å². The van der Waals surface area contributed by atoms with Gasteiger partial charge in [-0.2, -0.15) is 0 Å². The molecule has 0 aliphatic rings. The fraction of sp³-hybridized carbons (Fsp3) is 0. The maximum Gasteiger partial charge on any atom is 0.162 e. The van der Waals surface area contributed by atoms with Crippen LogP contribution < -0.4 is 4.90 Å². The largest absolute Gasteiger partial charge is 0.456 e. The Morgan fingerprint density at radius 1 is 0.489 bits per heavy atom. The summed E-state index contributed by atoms with van der Waals surface area (Å²) in [6, 6.07) is 42.2. The minimum atomic E-state index is 0.748. The lowest BCUT2D eigenvalue weighted by atomic mass is 9.96. The molecule has 0 saturated heterocycles. The number of benzene rings is 6. The van der Waals surface area contributed by atoms with E-state index in [4.69, 9.17) is 18.8 Å². The number of furan rings is 2. The van der Waals surface area contributed by atoms with Crippen molar-refractivity contribution >= 4 is 93.4 Å². The summed E-state index contributed by atoms with van der Waals surface area (Å²) in [6.07, 6.45) is 5.55. The van der Waals surface area contributed by atoms with Crippen molar-refractivity contribution in [2.45, 2.75) is 0 Å². The number of hydrogen-bond acceptors (Lipinski definition) is 5. The van der Waals surface area contributed by atoms with E-state index in [1.165, 1.54) is 26.9 Å². The third kappa shape index (κ3) is 3.49. The van der Waals surface area contributed by atoms with E-state index in [-0.39, 0.29) is 0 Å². The van der Waals surface area contributed by atoms with Gasteiger partial charge in [0.15, 0.2) is 5.58 Å². The molecule has 0 atom stereocenters. The van der Waals surface area contributed by atoms with Crippen molar-refractivity contribution in [3.63, 3.8) is 0 Å². The average molecular weight is 578 g/mol. The van der Waals surface area contributed by atoms with E-state index >= 15 is 0 Å². The summed E-state index contributed by atoms with van der Waals surface area (Å²) >= 11 is 0. The first kappa shape index (κ1) is 24.3. The predicted molar refractivity (Wildman–Crippen MR) is 184 cm³/mol. The topological polar surface area (TPSA) is 55.3 Å². The lowest BCUT2D eigenvalue weighted by molar-refractivity contribution is 0.667. The molecule has 0 bridgehead atoms. The minimum Gasteiger partial charge on any atom is -0.456 e. The molecule has 0 amide bonds. The van der Waals surface area contributed by atoms with Crippen LogP contribution in [0.2, 0.25) is 0 Å². The maximum atomic E-state index is 6.54. The molecule has 0 spiro atoms. The molecule has 10 rings (SSSR count). The van der Waals surface area contributed by atoms with E-state index in [1.807, 2.05) is 54.9 Å². The van der Waals surface area contributed by atoms with Gasteiger partial charge in [-0.3, -0.25) is 9.88 Å². The van der Waals surface area contributed by atoms with Gasteiger partial charge in [-0.15, -0.1) is 0 Å². The Hall–Kier alpha value is -6.20. The van der Waals surface area contributed by atoms with E-state index in [1.54, 1.807) is 6.20 Å². The van der Waals surface area contributed by atoms with Crippen molar-refractivity contribution < 1.29 is 8.83 Å². The van der Waals surface area contributed by atoms with Gasteiger partial charge < -0.3 is 8.83 Å². The van der Waals surface area contributed by atoms with Crippen molar-refractivity contribution in [2.24, 2.45) is 0 Å². The number of hydrogen-bond donors (Lipinski definition) is 0. The molecule has 0 unspecified atom stereocenters. The maximum absolute atomic E-state index is 6.54. The monoisotopic (exact) mass is 577 g/mol.